The Morgan fingerprint density at radius 2 is 1.74 bits per heavy atom. The van der Waals surface area contributed by atoms with Crippen molar-refractivity contribution in [2.75, 3.05) is 0 Å². The van der Waals surface area contributed by atoms with Gasteiger partial charge in [0.15, 0.2) is 0 Å². The average Bonchev–Trinajstić information content (AvgIpc) is 2.43. The van der Waals surface area contributed by atoms with Gasteiger partial charge in [-0.15, -0.1) is 0 Å². The molecular weight excluding hydrogens is 236 g/mol. The van der Waals surface area contributed by atoms with E-state index in [-0.39, 0.29) is 5.57 Å². The van der Waals surface area contributed by atoms with Crippen LogP contribution < -0.4 is 5.73 Å². The summed E-state index contributed by atoms with van der Waals surface area (Å²) in [5.74, 6) is -0.675. The molecule has 0 aliphatic carbocycles. The molecule has 1 aromatic carbocycles. The Morgan fingerprint density at radius 1 is 1.21 bits per heavy atom. The molecule has 0 aliphatic heterocycles. The quantitative estimate of drug-likeness (QED) is 0.650. The van der Waals surface area contributed by atoms with Crippen molar-refractivity contribution in [3.8, 4) is 6.07 Å². The van der Waals surface area contributed by atoms with Gasteiger partial charge in [0.2, 0.25) is 0 Å². The lowest BCUT2D eigenvalue weighted by Gasteiger charge is -2.12. The number of aryl methyl sites for hydroxylation is 3. The molecule has 0 fully saturated rings. The predicted molar refractivity (Wildman–Crippen MR) is 77.4 cm³/mol. The van der Waals surface area contributed by atoms with Crippen LogP contribution in [-0.2, 0) is 24.1 Å². The van der Waals surface area contributed by atoms with E-state index in [1.807, 2.05) is 6.07 Å². The lowest BCUT2D eigenvalue weighted by molar-refractivity contribution is -0.114. The normalized spacial score (nSPS) is 11.2. The van der Waals surface area contributed by atoms with E-state index in [9.17, 15) is 4.79 Å². The largest absolute Gasteiger partial charge is 0.365 e. The van der Waals surface area contributed by atoms with Crippen molar-refractivity contribution in [3.63, 3.8) is 0 Å². The van der Waals surface area contributed by atoms with Gasteiger partial charge in [0.25, 0.3) is 5.91 Å². The number of hydrogen-bond acceptors (Lipinski definition) is 2. The number of nitriles is 1. The minimum Gasteiger partial charge on any atom is -0.365 e. The summed E-state index contributed by atoms with van der Waals surface area (Å²) < 4.78 is 0. The van der Waals surface area contributed by atoms with E-state index in [0.717, 1.165) is 36.0 Å². The number of amides is 1. The van der Waals surface area contributed by atoms with Gasteiger partial charge in [-0.25, -0.2) is 0 Å². The van der Waals surface area contributed by atoms with E-state index < -0.39 is 5.91 Å². The van der Waals surface area contributed by atoms with Crippen LogP contribution in [0.25, 0.3) is 6.08 Å². The maximum Gasteiger partial charge on any atom is 0.259 e. The van der Waals surface area contributed by atoms with Crippen LogP contribution >= 0.6 is 0 Å². The summed E-state index contributed by atoms with van der Waals surface area (Å²) in [5.41, 5.74) is 9.78. The lowest BCUT2D eigenvalue weighted by Crippen LogP contribution is -2.13. The van der Waals surface area contributed by atoms with Crippen molar-refractivity contribution < 1.29 is 4.79 Å². The number of primary amides is 1. The Kier molecular flexibility index (Phi) is 5.32. The van der Waals surface area contributed by atoms with Crippen LogP contribution in [0.15, 0.2) is 17.7 Å². The first kappa shape index (κ1) is 15.0. The highest BCUT2D eigenvalue weighted by molar-refractivity contribution is 6.00. The van der Waals surface area contributed by atoms with Crippen molar-refractivity contribution in [1.29, 1.82) is 5.26 Å². The lowest BCUT2D eigenvalue weighted by atomic mass is 9.92. The van der Waals surface area contributed by atoms with Crippen LogP contribution in [0.2, 0.25) is 0 Å². The maximum absolute atomic E-state index is 11.2. The van der Waals surface area contributed by atoms with Gasteiger partial charge < -0.3 is 5.73 Å². The number of carbonyl (C=O) groups is 1. The Hall–Kier alpha value is -2.08. The van der Waals surface area contributed by atoms with Crippen LogP contribution in [0.1, 0.15) is 43.0 Å². The third-order valence-electron chi connectivity index (χ3n) is 3.26. The van der Waals surface area contributed by atoms with Crippen LogP contribution in [0.4, 0.5) is 0 Å². The highest BCUT2D eigenvalue weighted by atomic mass is 16.1. The average molecular weight is 256 g/mol. The molecule has 0 bridgehead atoms. The molecule has 2 N–H and O–H groups in total. The monoisotopic (exact) mass is 256 g/mol. The van der Waals surface area contributed by atoms with Crippen molar-refractivity contribution >= 4 is 12.0 Å². The van der Waals surface area contributed by atoms with Crippen LogP contribution in [-0.4, -0.2) is 5.91 Å². The smallest absolute Gasteiger partial charge is 0.259 e. The van der Waals surface area contributed by atoms with Gasteiger partial charge in [-0.3, -0.25) is 4.79 Å². The number of benzene rings is 1. The topological polar surface area (TPSA) is 66.9 Å². The number of hydrogen-bond donors (Lipinski definition) is 1. The molecule has 100 valence electrons. The van der Waals surface area contributed by atoms with E-state index in [0.29, 0.717) is 0 Å². The maximum atomic E-state index is 11.2. The number of carbonyl (C=O) groups excluding carboxylic acids is 1. The third-order valence-corrected chi connectivity index (χ3v) is 3.26. The summed E-state index contributed by atoms with van der Waals surface area (Å²) in [4.78, 5) is 11.2. The summed E-state index contributed by atoms with van der Waals surface area (Å²) in [5, 5.41) is 8.97. The molecule has 0 aromatic heterocycles. The van der Waals surface area contributed by atoms with Gasteiger partial charge >= 0.3 is 0 Å². The molecule has 0 saturated heterocycles. The molecule has 0 saturated carbocycles. The molecule has 1 aromatic rings. The van der Waals surface area contributed by atoms with Gasteiger partial charge in [0, 0.05) is 0 Å². The van der Waals surface area contributed by atoms with E-state index >= 15 is 0 Å². The zero-order chi connectivity index (χ0) is 14.4. The van der Waals surface area contributed by atoms with Crippen molar-refractivity contribution in [2.24, 2.45) is 5.73 Å². The molecule has 0 aliphatic rings. The standard InChI is InChI=1S/C16H20N2O/c1-4-11-7-12(5-2)15(13(6-3)8-11)9-14(10-17)16(18)19/h7-9H,4-6H2,1-3H3,(H2,18,19)/b14-9+. The van der Waals surface area contributed by atoms with Crippen LogP contribution in [0, 0.1) is 11.3 Å². The molecule has 0 atom stereocenters. The summed E-state index contributed by atoms with van der Waals surface area (Å²) in [6.07, 6.45) is 4.33. The number of nitrogens with zero attached hydrogens (tertiary/aromatic N) is 1. The molecule has 0 unspecified atom stereocenters. The minimum atomic E-state index is -0.675. The Labute approximate surface area is 114 Å². The molecule has 0 radical (unpaired) electrons. The predicted octanol–water partition coefficient (Wildman–Crippen LogP) is 2.77. The molecule has 19 heavy (non-hydrogen) atoms. The molecule has 3 heteroatoms. The number of nitrogens with two attached hydrogens (primary N) is 1. The summed E-state index contributed by atoms with van der Waals surface area (Å²) >= 11 is 0. The fourth-order valence-electron chi connectivity index (χ4n) is 2.13. The Morgan fingerprint density at radius 3 is 2.05 bits per heavy atom. The minimum absolute atomic E-state index is 0.00801. The second-order valence-electron chi connectivity index (χ2n) is 4.42. The van der Waals surface area contributed by atoms with Gasteiger partial charge in [-0.1, -0.05) is 32.9 Å². The fourth-order valence-corrected chi connectivity index (χ4v) is 2.13. The van der Waals surface area contributed by atoms with Gasteiger partial charge in [-0.05, 0) is 47.6 Å². The van der Waals surface area contributed by atoms with E-state index in [4.69, 9.17) is 11.0 Å². The zero-order valence-electron chi connectivity index (χ0n) is 11.8. The number of rotatable bonds is 5. The first-order chi connectivity index (χ1) is 9.07. The van der Waals surface area contributed by atoms with Crippen molar-refractivity contribution in [2.45, 2.75) is 40.0 Å². The van der Waals surface area contributed by atoms with E-state index in [2.05, 4.69) is 32.9 Å². The summed E-state index contributed by atoms with van der Waals surface area (Å²) in [7, 11) is 0. The van der Waals surface area contributed by atoms with Gasteiger partial charge in [0.05, 0.1) is 0 Å². The summed E-state index contributed by atoms with van der Waals surface area (Å²) in [6, 6.07) is 6.15. The molecule has 1 amide bonds. The van der Waals surface area contributed by atoms with E-state index in [1.54, 1.807) is 6.08 Å². The SMILES string of the molecule is CCc1cc(CC)c(/C=C(\C#N)C(N)=O)c(CC)c1. The van der Waals surface area contributed by atoms with Gasteiger partial charge in [-0.2, -0.15) is 5.26 Å². The molecule has 0 heterocycles. The Balaban J connectivity index is 3.49. The first-order valence-electron chi connectivity index (χ1n) is 6.63. The van der Waals surface area contributed by atoms with E-state index in [1.165, 1.54) is 5.56 Å². The molecule has 1 rings (SSSR count). The van der Waals surface area contributed by atoms with Crippen molar-refractivity contribution in [1.82, 2.24) is 0 Å². The second kappa shape index (κ2) is 6.75. The fraction of sp³-hybridized carbons (Fsp3) is 0.375. The second-order valence-corrected chi connectivity index (χ2v) is 4.42. The van der Waals surface area contributed by atoms with Gasteiger partial charge in [0.1, 0.15) is 11.6 Å². The Bertz CT molecular complexity index is 525. The van der Waals surface area contributed by atoms with Crippen LogP contribution in [0.5, 0.6) is 0 Å². The molecule has 3 nitrogen and oxygen atoms in total. The highest BCUT2D eigenvalue weighted by Gasteiger charge is 2.10. The highest BCUT2D eigenvalue weighted by Crippen LogP contribution is 2.22. The third kappa shape index (κ3) is 3.45. The summed E-state index contributed by atoms with van der Waals surface area (Å²) in [6.45, 7) is 6.26. The zero-order valence-corrected chi connectivity index (χ0v) is 11.8. The van der Waals surface area contributed by atoms with Crippen molar-refractivity contribution in [3.05, 3.63) is 40.0 Å². The van der Waals surface area contributed by atoms with Crippen LogP contribution in [0.3, 0.4) is 0 Å². The molecular formula is C16H20N2O. The molecule has 0 spiro atoms. The first-order valence-corrected chi connectivity index (χ1v) is 6.63.